The van der Waals surface area contributed by atoms with Gasteiger partial charge in [0.25, 0.3) is 0 Å². The van der Waals surface area contributed by atoms with E-state index in [1.807, 2.05) is 0 Å². The first kappa shape index (κ1) is 13.6. The van der Waals surface area contributed by atoms with Crippen LogP contribution in [0.2, 0.25) is 0 Å². The highest BCUT2D eigenvalue weighted by molar-refractivity contribution is 5.17. The van der Waals surface area contributed by atoms with Crippen molar-refractivity contribution in [3.8, 4) is 0 Å². The molecule has 100 valence electrons. The van der Waals surface area contributed by atoms with E-state index in [9.17, 15) is 5.11 Å². The average Bonchev–Trinajstić information content (AvgIpc) is 2.42. The summed E-state index contributed by atoms with van der Waals surface area (Å²) >= 11 is 0. The quantitative estimate of drug-likeness (QED) is 0.859. The molecular formula is C16H25NO. The van der Waals surface area contributed by atoms with Gasteiger partial charge >= 0.3 is 0 Å². The van der Waals surface area contributed by atoms with Gasteiger partial charge in [-0.25, -0.2) is 0 Å². The van der Waals surface area contributed by atoms with E-state index >= 15 is 0 Å². The third kappa shape index (κ3) is 2.93. The molecule has 0 aromatic heterocycles. The molecule has 0 saturated heterocycles. The van der Waals surface area contributed by atoms with Crippen molar-refractivity contribution in [3.05, 3.63) is 35.9 Å². The molecule has 18 heavy (non-hydrogen) atoms. The van der Waals surface area contributed by atoms with Crippen LogP contribution in [0.1, 0.15) is 44.6 Å². The molecule has 0 aliphatic heterocycles. The van der Waals surface area contributed by atoms with E-state index in [4.69, 9.17) is 5.73 Å². The van der Waals surface area contributed by atoms with Crippen LogP contribution in [-0.4, -0.2) is 17.3 Å². The van der Waals surface area contributed by atoms with Gasteiger partial charge in [0.15, 0.2) is 0 Å². The lowest BCUT2D eigenvalue weighted by molar-refractivity contribution is 0.0460. The van der Waals surface area contributed by atoms with Gasteiger partial charge in [0, 0.05) is 6.04 Å². The number of hydrogen-bond donors (Lipinski definition) is 2. The molecule has 0 bridgehead atoms. The van der Waals surface area contributed by atoms with Gasteiger partial charge in [-0.2, -0.15) is 0 Å². The molecule has 3 N–H and O–H groups in total. The lowest BCUT2D eigenvalue weighted by atomic mass is 9.65. The fraction of sp³-hybridized carbons (Fsp3) is 0.625. The normalized spacial score (nSPS) is 30.1. The fourth-order valence-electron chi connectivity index (χ4n) is 3.29. The number of hydrogen-bond acceptors (Lipinski definition) is 2. The van der Waals surface area contributed by atoms with E-state index in [0.717, 1.165) is 38.5 Å². The van der Waals surface area contributed by atoms with Crippen LogP contribution in [0, 0.1) is 5.41 Å². The Morgan fingerprint density at radius 3 is 2.44 bits per heavy atom. The van der Waals surface area contributed by atoms with Gasteiger partial charge in [-0.05, 0) is 49.5 Å². The first-order valence-electron chi connectivity index (χ1n) is 7.14. The monoisotopic (exact) mass is 247 g/mol. The Hall–Kier alpha value is -0.860. The summed E-state index contributed by atoms with van der Waals surface area (Å²) < 4.78 is 0. The molecule has 1 aromatic carbocycles. The van der Waals surface area contributed by atoms with E-state index < -0.39 is 0 Å². The van der Waals surface area contributed by atoms with Gasteiger partial charge in [0.1, 0.15) is 0 Å². The maximum atomic E-state index is 9.72. The van der Waals surface area contributed by atoms with E-state index in [2.05, 4.69) is 37.3 Å². The van der Waals surface area contributed by atoms with Gasteiger partial charge in [-0.1, -0.05) is 37.3 Å². The number of rotatable bonds is 4. The maximum absolute atomic E-state index is 9.72. The van der Waals surface area contributed by atoms with Gasteiger partial charge < -0.3 is 10.8 Å². The zero-order valence-electron chi connectivity index (χ0n) is 11.3. The summed E-state index contributed by atoms with van der Waals surface area (Å²) in [6.07, 6.45) is 5.87. The van der Waals surface area contributed by atoms with Gasteiger partial charge in [-0.3, -0.25) is 0 Å². The molecule has 2 nitrogen and oxygen atoms in total. The second kappa shape index (κ2) is 5.85. The summed E-state index contributed by atoms with van der Waals surface area (Å²) in [5.74, 6) is 0. The third-order valence-electron chi connectivity index (χ3n) is 4.58. The lowest BCUT2D eigenvalue weighted by Gasteiger charge is -2.43. The van der Waals surface area contributed by atoms with Crippen LogP contribution in [0.15, 0.2) is 30.3 Å². The topological polar surface area (TPSA) is 46.2 Å². The van der Waals surface area contributed by atoms with Gasteiger partial charge in [0.05, 0.1) is 6.10 Å². The Morgan fingerprint density at radius 1 is 1.28 bits per heavy atom. The van der Waals surface area contributed by atoms with E-state index in [1.165, 1.54) is 5.56 Å². The smallest absolute Gasteiger partial charge is 0.0540 e. The molecule has 2 heteroatoms. The molecule has 1 fully saturated rings. The molecule has 1 aliphatic carbocycles. The Kier molecular flexibility index (Phi) is 4.41. The van der Waals surface area contributed by atoms with E-state index in [1.54, 1.807) is 0 Å². The molecule has 1 saturated carbocycles. The second-order valence-electron chi connectivity index (χ2n) is 5.77. The second-order valence-corrected chi connectivity index (χ2v) is 5.77. The minimum absolute atomic E-state index is 0.113. The van der Waals surface area contributed by atoms with Crippen molar-refractivity contribution in [1.82, 2.24) is 0 Å². The summed E-state index contributed by atoms with van der Waals surface area (Å²) in [6.45, 7) is 2.17. The minimum atomic E-state index is -0.113. The third-order valence-corrected chi connectivity index (χ3v) is 4.58. The highest BCUT2D eigenvalue weighted by Crippen LogP contribution is 2.42. The first-order chi connectivity index (χ1) is 8.66. The van der Waals surface area contributed by atoms with Crippen molar-refractivity contribution in [2.24, 2.45) is 11.1 Å². The van der Waals surface area contributed by atoms with E-state index in [0.29, 0.717) is 0 Å². The predicted molar refractivity (Wildman–Crippen MR) is 75.3 cm³/mol. The van der Waals surface area contributed by atoms with Gasteiger partial charge in [0.2, 0.25) is 0 Å². The highest BCUT2D eigenvalue weighted by Gasteiger charge is 2.39. The molecule has 0 spiro atoms. The van der Waals surface area contributed by atoms with Crippen LogP contribution >= 0.6 is 0 Å². The Bertz CT molecular complexity index is 355. The summed E-state index contributed by atoms with van der Waals surface area (Å²) in [7, 11) is 0. The summed E-state index contributed by atoms with van der Waals surface area (Å²) in [4.78, 5) is 0. The van der Waals surface area contributed by atoms with Crippen LogP contribution in [0.3, 0.4) is 0 Å². The Balaban J connectivity index is 2.15. The van der Waals surface area contributed by atoms with Crippen molar-refractivity contribution < 1.29 is 5.11 Å². The van der Waals surface area contributed by atoms with Crippen molar-refractivity contribution in [1.29, 1.82) is 0 Å². The van der Waals surface area contributed by atoms with Crippen LogP contribution in [0.5, 0.6) is 0 Å². The molecule has 0 amide bonds. The zero-order chi connectivity index (χ0) is 13.0. The number of aliphatic hydroxyl groups excluding tert-OH is 1. The van der Waals surface area contributed by atoms with Crippen molar-refractivity contribution >= 4 is 0 Å². The zero-order valence-corrected chi connectivity index (χ0v) is 11.3. The number of benzene rings is 1. The number of nitrogens with two attached hydrogens (primary N) is 1. The van der Waals surface area contributed by atoms with Crippen molar-refractivity contribution in [2.45, 2.75) is 57.6 Å². The van der Waals surface area contributed by atoms with Crippen LogP contribution in [-0.2, 0) is 6.42 Å². The number of aliphatic hydroxyl groups is 1. The SMILES string of the molecule is CCC(N)[C@]1(Cc2ccccc2)CC[C@H](O)CC1. The molecule has 1 unspecified atom stereocenters. The minimum Gasteiger partial charge on any atom is -0.393 e. The molecule has 0 heterocycles. The molecule has 2 rings (SSSR count). The molecule has 1 aliphatic rings. The van der Waals surface area contributed by atoms with Crippen LogP contribution in [0.25, 0.3) is 0 Å². The predicted octanol–water partition coefficient (Wildman–Crippen LogP) is 2.89. The van der Waals surface area contributed by atoms with Crippen LogP contribution in [0.4, 0.5) is 0 Å². The summed E-state index contributed by atoms with van der Waals surface area (Å²) in [5, 5.41) is 9.72. The average molecular weight is 247 g/mol. The van der Waals surface area contributed by atoms with Crippen LogP contribution < -0.4 is 5.73 Å². The standard InChI is InChI=1S/C16H25NO/c1-2-15(17)16(10-8-14(18)9-11-16)12-13-6-4-3-5-7-13/h3-7,14-15,18H,2,8-12,17H2,1H3/t14-,15?,16+. The largest absolute Gasteiger partial charge is 0.393 e. The maximum Gasteiger partial charge on any atom is 0.0540 e. The first-order valence-corrected chi connectivity index (χ1v) is 7.14. The fourth-order valence-corrected chi connectivity index (χ4v) is 3.29. The summed E-state index contributed by atoms with van der Waals surface area (Å²) in [6, 6.07) is 10.9. The van der Waals surface area contributed by atoms with Gasteiger partial charge in [-0.15, -0.1) is 0 Å². The Labute approximate surface area is 110 Å². The molecule has 1 atom stereocenters. The summed E-state index contributed by atoms with van der Waals surface area (Å²) in [5.41, 5.74) is 7.96. The Morgan fingerprint density at radius 2 is 1.89 bits per heavy atom. The molecule has 0 radical (unpaired) electrons. The van der Waals surface area contributed by atoms with E-state index in [-0.39, 0.29) is 17.6 Å². The highest BCUT2D eigenvalue weighted by atomic mass is 16.3. The molecule has 1 aromatic rings. The molecular weight excluding hydrogens is 222 g/mol. The van der Waals surface area contributed by atoms with Crippen molar-refractivity contribution in [3.63, 3.8) is 0 Å². The van der Waals surface area contributed by atoms with Crippen molar-refractivity contribution in [2.75, 3.05) is 0 Å². The lowest BCUT2D eigenvalue weighted by Crippen LogP contribution is -2.46.